The van der Waals surface area contributed by atoms with E-state index in [0.29, 0.717) is 5.92 Å². The van der Waals surface area contributed by atoms with Gasteiger partial charge in [0.2, 0.25) is 0 Å². The number of carboxylic acids is 1. The molecule has 1 fully saturated rings. The van der Waals surface area contributed by atoms with Gasteiger partial charge in [0.15, 0.2) is 0 Å². The Morgan fingerprint density at radius 3 is 2.26 bits per heavy atom. The summed E-state index contributed by atoms with van der Waals surface area (Å²) in [5, 5.41) is 8.75. The Morgan fingerprint density at radius 2 is 1.79 bits per heavy atom. The van der Waals surface area contributed by atoms with Crippen LogP contribution in [-0.4, -0.2) is 25.2 Å². The van der Waals surface area contributed by atoms with E-state index in [1.807, 2.05) is 14.1 Å². The molecule has 0 heterocycles. The Kier molecular flexibility index (Phi) is 4.25. The summed E-state index contributed by atoms with van der Waals surface area (Å²) in [7, 11) is 4.08. The van der Waals surface area contributed by atoms with Crippen molar-refractivity contribution >= 4 is 11.7 Å². The highest BCUT2D eigenvalue weighted by molar-refractivity contribution is 5.80. The number of carboxylic acid groups (broad SMARTS) is 1. The molecular weight excluding hydrogens is 238 g/mol. The summed E-state index contributed by atoms with van der Waals surface area (Å²) in [6.07, 6.45) is 5.31. The Morgan fingerprint density at radius 1 is 1.21 bits per heavy atom. The zero-order valence-electron chi connectivity index (χ0n) is 11.6. The number of anilines is 1. The SMILES string of the molecule is CN(C)c1ccc(C2CCC(=CC(=O)O)CC2)cc1. The van der Waals surface area contributed by atoms with Gasteiger partial charge in [0.25, 0.3) is 0 Å². The van der Waals surface area contributed by atoms with Crippen LogP contribution in [0.2, 0.25) is 0 Å². The van der Waals surface area contributed by atoms with Crippen molar-refractivity contribution in [3.8, 4) is 0 Å². The molecule has 1 aromatic rings. The number of hydrogen-bond acceptors (Lipinski definition) is 2. The molecule has 0 atom stereocenters. The van der Waals surface area contributed by atoms with Crippen molar-refractivity contribution in [2.24, 2.45) is 0 Å². The minimum Gasteiger partial charge on any atom is -0.478 e. The van der Waals surface area contributed by atoms with Crippen molar-refractivity contribution in [1.29, 1.82) is 0 Å². The average Bonchev–Trinajstić information content (AvgIpc) is 2.39. The van der Waals surface area contributed by atoms with Crippen molar-refractivity contribution in [3.63, 3.8) is 0 Å². The first-order valence-corrected chi connectivity index (χ1v) is 6.76. The lowest BCUT2D eigenvalue weighted by molar-refractivity contribution is -0.131. The van der Waals surface area contributed by atoms with Crippen LogP contribution in [0.3, 0.4) is 0 Å². The van der Waals surface area contributed by atoms with Crippen LogP contribution >= 0.6 is 0 Å². The van der Waals surface area contributed by atoms with Crippen LogP contribution < -0.4 is 4.90 Å². The molecule has 3 heteroatoms. The van der Waals surface area contributed by atoms with Gasteiger partial charge in [0, 0.05) is 25.9 Å². The fourth-order valence-corrected chi connectivity index (χ4v) is 2.69. The molecule has 0 saturated heterocycles. The largest absolute Gasteiger partial charge is 0.478 e. The van der Waals surface area contributed by atoms with E-state index in [-0.39, 0.29) is 0 Å². The number of allylic oxidation sites excluding steroid dienone is 1. The summed E-state index contributed by atoms with van der Waals surface area (Å²) in [6.45, 7) is 0. The maximum absolute atomic E-state index is 10.6. The van der Waals surface area contributed by atoms with Gasteiger partial charge in [-0.1, -0.05) is 17.7 Å². The smallest absolute Gasteiger partial charge is 0.328 e. The molecule has 3 nitrogen and oxygen atoms in total. The van der Waals surface area contributed by atoms with Crippen LogP contribution in [0.1, 0.15) is 37.2 Å². The molecule has 0 aliphatic heterocycles. The molecule has 1 N–H and O–H groups in total. The van der Waals surface area contributed by atoms with Gasteiger partial charge in [-0.2, -0.15) is 0 Å². The number of hydrogen-bond donors (Lipinski definition) is 1. The Balaban J connectivity index is 1.99. The van der Waals surface area contributed by atoms with Crippen LogP contribution in [0.4, 0.5) is 5.69 Å². The predicted molar refractivity (Wildman–Crippen MR) is 77.7 cm³/mol. The van der Waals surface area contributed by atoms with Crippen LogP contribution in [-0.2, 0) is 4.79 Å². The minimum atomic E-state index is -0.816. The van der Waals surface area contributed by atoms with Gasteiger partial charge in [-0.05, 0) is 49.3 Å². The first-order valence-electron chi connectivity index (χ1n) is 6.76. The van der Waals surface area contributed by atoms with Gasteiger partial charge >= 0.3 is 5.97 Å². The van der Waals surface area contributed by atoms with Gasteiger partial charge in [-0.25, -0.2) is 4.79 Å². The standard InChI is InChI=1S/C16H21NO2/c1-17(2)15-9-7-14(8-10-15)13-5-3-12(4-6-13)11-16(18)19/h7-11,13H,3-6H2,1-2H3,(H,18,19). The van der Waals surface area contributed by atoms with Crippen molar-refractivity contribution in [2.45, 2.75) is 31.6 Å². The molecule has 2 rings (SSSR count). The molecule has 0 aromatic heterocycles. The summed E-state index contributed by atoms with van der Waals surface area (Å²) in [4.78, 5) is 12.7. The van der Waals surface area contributed by atoms with E-state index >= 15 is 0 Å². The fourth-order valence-electron chi connectivity index (χ4n) is 2.69. The van der Waals surface area contributed by atoms with E-state index in [1.165, 1.54) is 17.3 Å². The molecule has 19 heavy (non-hydrogen) atoms. The molecule has 0 amide bonds. The third-order valence-electron chi connectivity index (χ3n) is 3.84. The Labute approximate surface area is 114 Å². The maximum Gasteiger partial charge on any atom is 0.328 e. The Bertz CT molecular complexity index is 464. The van der Waals surface area contributed by atoms with Crippen LogP contribution in [0, 0.1) is 0 Å². The van der Waals surface area contributed by atoms with Crippen molar-refractivity contribution in [3.05, 3.63) is 41.5 Å². The van der Waals surface area contributed by atoms with Gasteiger partial charge in [-0.3, -0.25) is 0 Å². The van der Waals surface area contributed by atoms with Gasteiger partial charge in [0.05, 0.1) is 0 Å². The highest BCUT2D eigenvalue weighted by Gasteiger charge is 2.18. The number of benzene rings is 1. The molecule has 1 aliphatic carbocycles. The number of rotatable bonds is 3. The number of carbonyl (C=O) groups is 1. The summed E-state index contributed by atoms with van der Waals surface area (Å²) in [6, 6.07) is 8.70. The lowest BCUT2D eigenvalue weighted by Gasteiger charge is -2.24. The molecular formula is C16H21NO2. The second kappa shape index (κ2) is 5.91. The van der Waals surface area contributed by atoms with Gasteiger partial charge in [-0.15, -0.1) is 0 Å². The molecule has 102 valence electrons. The minimum absolute atomic E-state index is 0.571. The van der Waals surface area contributed by atoms with Gasteiger partial charge in [0.1, 0.15) is 0 Å². The van der Waals surface area contributed by atoms with Crippen molar-refractivity contribution < 1.29 is 9.90 Å². The molecule has 1 saturated carbocycles. The highest BCUT2D eigenvalue weighted by Crippen LogP contribution is 2.35. The molecule has 1 aromatic carbocycles. The quantitative estimate of drug-likeness (QED) is 0.845. The molecule has 0 bridgehead atoms. The third-order valence-corrected chi connectivity index (χ3v) is 3.84. The van der Waals surface area contributed by atoms with E-state index in [4.69, 9.17) is 5.11 Å². The summed E-state index contributed by atoms with van der Waals surface area (Å²) in [5.74, 6) is -0.244. The van der Waals surface area contributed by atoms with E-state index < -0.39 is 5.97 Å². The lowest BCUT2D eigenvalue weighted by atomic mass is 9.81. The Hall–Kier alpha value is -1.77. The predicted octanol–water partition coefficient (Wildman–Crippen LogP) is 3.42. The fraction of sp³-hybridized carbons (Fsp3) is 0.438. The lowest BCUT2D eigenvalue weighted by Crippen LogP contribution is -2.10. The van der Waals surface area contributed by atoms with Gasteiger partial charge < -0.3 is 10.0 Å². The molecule has 1 aliphatic rings. The first kappa shape index (κ1) is 13.7. The summed E-state index contributed by atoms with van der Waals surface area (Å²) < 4.78 is 0. The normalized spacial score (nSPS) is 19.1. The van der Waals surface area contributed by atoms with Crippen LogP contribution in [0.25, 0.3) is 0 Å². The summed E-state index contributed by atoms with van der Waals surface area (Å²) >= 11 is 0. The third kappa shape index (κ3) is 3.60. The van der Waals surface area contributed by atoms with E-state index in [0.717, 1.165) is 31.3 Å². The van der Waals surface area contributed by atoms with E-state index in [1.54, 1.807) is 0 Å². The maximum atomic E-state index is 10.6. The van der Waals surface area contributed by atoms with Crippen LogP contribution in [0.15, 0.2) is 35.9 Å². The first-order chi connectivity index (χ1) is 9.06. The highest BCUT2D eigenvalue weighted by atomic mass is 16.4. The zero-order valence-corrected chi connectivity index (χ0v) is 11.6. The number of aliphatic carboxylic acids is 1. The molecule has 0 radical (unpaired) electrons. The zero-order chi connectivity index (χ0) is 13.8. The van der Waals surface area contributed by atoms with E-state index in [2.05, 4.69) is 29.2 Å². The topological polar surface area (TPSA) is 40.5 Å². The van der Waals surface area contributed by atoms with E-state index in [9.17, 15) is 4.79 Å². The second-order valence-corrected chi connectivity index (χ2v) is 5.40. The van der Waals surface area contributed by atoms with Crippen molar-refractivity contribution in [2.75, 3.05) is 19.0 Å². The second-order valence-electron chi connectivity index (χ2n) is 5.40. The van der Waals surface area contributed by atoms with Crippen molar-refractivity contribution in [1.82, 2.24) is 0 Å². The molecule has 0 unspecified atom stereocenters. The molecule has 0 spiro atoms. The summed E-state index contributed by atoms with van der Waals surface area (Å²) in [5.41, 5.74) is 3.67. The number of nitrogens with zero attached hydrogens (tertiary/aromatic N) is 1. The average molecular weight is 259 g/mol. The monoisotopic (exact) mass is 259 g/mol. The van der Waals surface area contributed by atoms with Crippen LogP contribution in [0.5, 0.6) is 0 Å².